The Hall–Kier alpha value is -3.47. The first kappa shape index (κ1) is 24.2. The fraction of sp³-hybridized carbons (Fsp3) is 0.273. The van der Waals surface area contributed by atoms with Crippen molar-refractivity contribution in [2.24, 2.45) is 10.6 Å². The van der Waals surface area contributed by atoms with Crippen LogP contribution in [0.5, 0.6) is 5.75 Å². The van der Waals surface area contributed by atoms with Crippen LogP contribution in [0.15, 0.2) is 56.7 Å². The first-order valence-electron chi connectivity index (χ1n) is 10.0. The van der Waals surface area contributed by atoms with Gasteiger partial charge in [-0.25, -0.2) is 9.02 Å². The van der Waals surface area contributed by atoms with E-state index in [-0.39, 0.29) is 38.6 Å². The predicted molar refractivity (Wildman–Crippen MR) is 123 cm³/mol. The molecule has 0 saturated carbocycles. The van der Waals surface area contributed by atoms with E-state index in [0.717, 1.165) is 0 Å². The van der Waals surface area contributed by atoms with Crippen molar-refractivity contribution >= 4 is 33.4 Å². The number of rotatable bonds is 8. The van der Waals surface area contributed by atoms with Gasteiger partial charge in [0.15, 0.2) is 5.69 Å². The minimum Gasteiger partial charge on any atom is -0.507 e. The number of oxime groups is 1. The second-order valence-electron chi connectivity index (χ2n) is 8.13. The Morgan fingerprint density at radius 3 is 2.70 bits per heavy atom. The van der Waals surface area contributed by atoms with E-state index in [1.165, 1.54) is 24.3 Å². The molecular formula is C22H23BrFN5O4. The number of phenols is 1. The van der Waals surface area contributed by atoms with Gasteiger partial charge in [-0.3, -0.25) is 4.79 Å². The molecule has 33 heavy (non-hydrogen) atoms. The molecule has 1 amide bonds. The highest BCUT2D eigenvalue weighted by Crippen LogP contribution is 2.27. The number of nitrogens with zero attached hydrogens (tertiary/aromatic N) is 3. The van der Waals surface area contributed by atoms with Crippen LogP contribution >= 0.6 is 15.9 Å². The maximum Gasteiger partial charge on any atom is 0.255 e. The average molecular weight is 520 g/mol. The van der Waals surface area contributed by atoms with Crippen molar-refractivity contribution < 1.29 is 24.1 Å². The predicted octanol–water partition coefficient (Wildman–Crippen LogP) is 4.31. The van der Waals surface area contributed by atoms with Gasteiger partial charge in [0.25, 0.3) is 5.91 Å². The van der Waals surface area contributed by atoms with Gasteiger partial charge in [0.2, 0.25) is 5.84 Å². The number of amides is 1. The maximum absolute atomic E-state index is 13.5. The van der Waals surface area contributed by atoms with Gasteiger partial charge in [0.1, 0.15) is 17.3 Å². The molecule has 0 aliphatic heterocycles. The highest BCUT2D eigenvalue weighted by atomic mass is 79.9. The van der Waals surface area contributed by atoms with E-state index in [0.29, 0.717) is 30.8 Å². The number of amidine groups is 1. The summed E-state index contributed by atoms with van der Waals surface area (Å²) in [7, 11) is 0. The summed E-state index contributed by atoms with van der Waals surface area (Å²) < 4.78 is 18.6. The van der Waals surface area contributed by atoms with Crippen molar-refractivity contribution in [3.63, 3.8) is 0 Å². The Balaban J connectivity index is 1.63. The van der Waals surface area contributed by atoms with E-state index in [1.807, 2.05) is 13.8 Å². The van der Waals surface area contributed by atoms with Crippen LogP contribution in [-0.4, -0.2) is 38.9 Å². The number of nitrogens with one attached hydrogen (secondary N) is 2. The molecule has 1 aromatic heterocycles. The molecule has 0 spiro atoms. The molecule has 0 aliphatic carbocycles. The van der Waals surface area contributed by atoms with E-state index >= 15 is 0 Å². The molecule has 0 atom stereocenters. The fourth-order valence-corrected chi connectivity index (χ4v) is 3.54. The Bertz CT molecular complexity index is 1170. The van der Waals surface area contributed by atoms with Crippen molar-refractivity contribution in [1.82, 2.24) is 15.6 Å². The summed E-state index contributed by atoms with van der Waals surface area (Å²) >= 11 is 3.11. The van der Waals surface area contributed by atoms with Gasteiger partial charge < -0.3 is 20.9 Å². The lowest BCUT2D eigenvalue weighted by atomic mass is 9.84. The highest BCUT2D eigenvalue weighted by Gasteiger charge is 2.26. The number of halogens is 2. The molecule has 1 heterocycles. The fourth-order valence-electron chi connectivity index (χ4n) is 3.16. The second kappa shape index (κ2) is 10.4. The smallest absolute Gasteiger partial charge is 0.255 e. The lowest BCUT2D eigenvalue weighted by Crippen LogP contribution is -2.29. The summed E-state index contributed by atoms with van der Waals surface area (Å²) in [4.78, 5) is 12.3. The van der Waals surface area contributed by atoms with E-state index in [2.05, 4.69) is 42.0 Å². The molecule has 0 radical (unpaired) electrons. The first-order chi connectivity index (χ1) is 15.7. The van der Waals surface area contributed by atoms with Crippen LogP contribution in [0.4, 0.5) is 10.1 Å². The SMILES string of the molecule is CC(C)(CCNC(=O)c1ccccc1O)Cc1nonc1C(=NO)Nc1ccc(F)c(Br)c1. The van der Waals surface area contributed by atoms with Gasteiger partial charge in [-0.2, -0.15) is 0 Å². The zero-order valence-corrected chi connectivity index (χ0v) is 19.6. The van der Waals surface area contributed by atoms with Gasteiger partial charge in [-0.05, 0) is 63.3 Å². The molecule has 0 aliphatic rings. The normalized spacial score (nSPS) is 11.9. The number of phenolic OH excluding ortho intramolecular Hbond substituents is 1. The summed E-state index contributed by atoms with van der Waals surface area (Å²) in [6.45, 7) is 4.33. The largest absolute Gasteiger partial charge is 0.507 e. The Labute approximate surface area is 197 Å². The number of carbonyl (C=O) groups is 1. The molecular weight excluding hydrogens is 497 g/mol. The van der Waals surface area contributed by atoms with Crippen molar-refractivity contribution in [3.05, 3.63) is 69.7 Å². The van der Waals surface area contributed by atoms with Crippen LogP contribution in [0, 0.1) is 11.2 Å². The number of anilines is 1. The number of carbonyl (C=O) groups excluding carboxylic acids is 1. The summed E-state index contributed by atoms with van der Waals surface area (Å²) in [5.41, 5.74) is 1.01. The number of benzene rings is 2. The van der Waals surface area contributed by atoms with Crippen LogP contribution in [0.2, 0.25) is 0 Å². The van der Waals surface area contributed by atoms with E-state index < -0.39 is 5.82 Å². The summed E-state index contributed by atoms with van der Waals surface area (Å²) in [6, 6.07) is 10.6. The molecule has 3 aromatic rings. The Morgan fingerprint density at radius 1 is 1.24 bits per heavy atom. The quantitative estimate of drug-likeness (QED) is 0.151. The average Bonchev–Trinajstić information content (AvgIpc) is 3.21. The minimum absolute atomic E-state index is 0.00610. The summed E-state index contributed by atoms with van der Waals surface area (Å²) in [5.74, 6) is -0.877. The van der Waals surface area contributed by atoms with Gasteiger partial charge in [-0.1, -0.05) is 36.3 Å². The van der Waals surface area contributed by atoms with Crippen LogP contribution in [-0.2, 0) is 6.42 Å². The molecule has 11 heteroatoms. The van der Waals surface area contributed by atoms with Crippen LogP contribution in [0.25, 0.3) is 0 Å². The van der Waals surface area contributed by atoms with Crippen LogP contribution in [0.3, 0.4) is 0 Å². The van der Waals surface area contributed by atoms with Crippen molar-refractivity contribution in [3.8, 4) is 5.75 Å². The standard InChI is InChI=1S/C22H23BrFN5O4/c1-22(2,9-10-25-21(31)14-5-3-4-6-18(14)30)12-17-19(29-33-28-17)20(27-32)26-13-7-8-16(24)15(23)11-13/h3-8,11,30,32H,9-10,12H2,1-2H3,(H,25,31)(H,26,27). The third-order valence-corrected chi connectivity index (χ3v) is 5.55. The third-order valence-electron chi connectivity index (χ3n) is 4.95. The first-order valence-corrected chi connectivity index (χ1v) is 10.8. The van der Waals surface area contributed by atoms with E-state index in [9.17, 15) is 19.5 Å². The van der Waals surface area contributed by atoms with E-state index in [4.69, 9.17) is 4.63 Å². The lowest BCUT2D eigenvalue weighted by molar-refractivity contribution is 0.0946. The van der Waals surface area contributed by atoms with Gasteiger partial charge in [0, 0.05) is 18.7 Å². The zero-order chi connectivity index (χ0) is 24.0. The number of hydrogen-bond donors (Lipinski definition) is 4. The molecule has 9 nitrogen and oxygen atoms in total. The van der Waals surface area contributed by atoms with Gasteiger partial charge in [0.05, 0.1) is 10.0 Å². The highest BCUT2D eigenvalue weighted by molar-refractivity contribution is 9.10. The molecule has 0 saturated heterocycles. The number of hydrogen-bond acceptors (Lipinski definition) is 7. The molecule has 2 aromatic carbocycles. The summed E-state index contributed by atoms with van der Waals surface area (Å²) in [6.07, 6.45) is 0.995. The van der Waals surface area contributed by atoms with Crippen molar-refractivity contribution in [2.75, 3.05) is 11.9 Å². The second-order valence-corrected chi connectivity index (χ2v) is 8.98. The molecule has 174 valence electrons. The Kier molecular flexibility index (Phi) is 7.64. The van der Waals surface area contributed by atoms with Crippen molar-refractivity contribution in [1.29, 1.82) is 0 Å². The molecule has 0 unspecified atom stereocenters. The maximum atomic E-state index is 13.5. The molecule has 0 bridgehead atoms. The summed E-state index contributed by atoms with van der Waals surface area (Å²) in [5, 5.41) is 36.0. The molecule has 4 N–H and O–H groups in total. The molecule has 0 fully saturated rings. The number of aromatic hydroxyl groups is 1. The third kappa shape index (κ3) is 6.28. The van der Waals surface area contributed by atoms with Crippen LogP contribution in [0.1, 0.15) is 42.0 Å². The minimum atomic E-state index is -0.428. The van der Waals surface area contributed by atoms with Gasteiger partial charge >= 0.3 is 0 Å². The lowest BCUT2D eigenvalue weighted by Gasteiger charge is -2.23. The zero-order valence-electron chi connectivity index (χ0n) is 18.0. The monoisotopic (exact) mass is 519 g/mol. The Morgan fingerprint density at radius 2 is 2.00 bits per heavy atom. The van der Waals surface area contributed by atoms with Gasteiger partial charge in [-0.15, -0.1) is 0 Å². The molecule has 3 rings (SSSR count). The van der Waals surface area contributed by atoms with Crippen molar-refractivity contribution in [2.45, 2.75) is 26.7 Å². The number of para-hydroxylation sites is 1. The van der Waals surface area contributed by atoms with E-state index in [1.54, 1.807) is 18.2 Å². The van der Waals surface area contributed by atoms with Crippen LogP contribution < -0.4 is 10.6 Å². The number of aromatic nitrogens is 2. The topological polar surface area (TPSA) is 133 Å².